The molecule has 0 N–H and O–H groups in total. The zero-order valence-electron chi connectivity index (χ0n) is 20.0. The molecule has 170 valence electrons. The Morgan fingerprint density at radius 3 is 2.13 bits per heavy atom. The molecule has 0 atom stereocenters. The first kappa shape index (κ1) is 23.8. The Morgan fingerprint density at radius 1 is 0.774 bits per heavy atom. The second kappa shape index (κ2) is 13.6. The van der Waals surface area contributed by atoms with Crippen LogP contribution in [0.4, 0.5) is 0 Å². The molecule has 1 fully saturated rings. The summed E-state index contributed by atoms with van der Waals surface area (Å²) in [5.74, 6) is 2.83. The second-order valence-electron chi connectivity index (χ2n) is 9.55. The standard InChI is InChI=1S/C29H43NO/c1-3-5-7-8-22-31-28-20-21-29(30-23-28)27-18-16-26(17-19-27)15-14-25-12-10-24(11-13-25)9-6-4-2/h16-21,23-25H,3-15,22H2,1-2H3. The number of pyridine rings is 1. The quantitative estimate of drug-likeness (QED) is 0.302. The van der Waals surface area contributed by atoms with E-state index in [4.69, 9.17) is 4.74 Å². The lowest BCUT2D eigenvalue weighted by molar-refractivity contribution is 0.250. The molecule has 1 aliphatic rings. The molecule has 1 aromatic heterocycles. The van der Waals surface area contributed by atoms with Gasteiger partial charge in [0.25, 0.3) is 0 Å². The summed E-state index contributed by atoms with van der Waals surface area (Å²) in [6.45, 7) is 5.33. The molecule has 0 amide bonds. The fraction of sp³-hybridized carbons (Fsp3) is 0.621. The molecule has 1 saturated carbocycles. The smallest absolute Gasteiger partial charge is 0.137 e. The van der Waals surface area contributed by atoms with Crippen molar-refractivity contribution < 1.29 is 4.74 Å². The van der Waals surface area contributed by atoms with Crippen LogP contribution in [-0.2, 0) is 6.42 Å². The van der Waals surface area contributed by atoms with E-state index in [2.05, 4.69) is 49.2 Å². The Bertz CT molecular complexity index is 713. The number of aryl methyl sites for hydroxylation is 1. The lowest BCUT2D eigenvalue weighted by atomic mass is 9.78. The normalized spacial score (nSPS) is 18.8. The first-order valence-electron chi connectivity index (χ1n) is 13.0. The number of ether oxygens (including phenoxy) is 1. The van der Waals surface area contributed by atoms with E-state index in [9.17, 15) is 0 Å². The minimum Gasteiger partial charge on any atom is -0.492 e. The van der Waals surface area contributed by atoms with Crippen molar-refractivity contribution in [3.05, 3.63) is 48.2 Å². The Labute approximate surface area is 190 Å². The minimum atomic E-state index is 0.788. The largest absolute Gasteiger partial charge is 0.492 e. The second-order valence-corrected chi connectivity index (χ2v) is 9.55. The number of nitrogens with zero attached hydrogens (tertiary/aromatic N) is 1. The number of hydrogen-bond donors (Lipinski definition) is 0. The Kier molecular flexibility index (Phi) is 10.4. The van der Waals surface area contributed by atoms with Crippen molar-refractivity contribution in [2.45, 2.75) is 97.3 Å². The molecule has 0 saturated heterocycles. The number of rotatable bonds is 13. The molecule has 0 spiro atoms. The summed E-state index contributed by atoms with van der Waals surface area (Å²) in [5.41, 5.74) is 3.67. The maximum Gasteiger partial charge on any atom is 0.137 e. The number of hydrogen-bond acceptors (Lipinski definition) is 2. The SMILES string of the molecule is CCCCCCOc1ccc(-c2ccc(CCC3CCC(CCCC)CC3)cc2)nc1. The summed E-state index contributed by atoms with van der Waals surface area (Å²) >= 11 is 0. The van der Waals surface area contributed by atoms with Crippen molar-refractivity contribution >= 4 is 0 Å². The highest BCUT2D eigenvalue weighted by Crippen LogP contribution is 2.34. The number of benzene rings is 1. The van der Waals surface area contributed by atoms with Crippen LogP contribution in [0.1, 0.15) is 96.5 Å². The van der Waals surface area contributed by atoms with Gasteiger partial charge in [-0.05, 0) is 48.8 Å². The molecule has 2 aromatic rings. The molecule has 3 rings (SSSR count). The Balaban J connectivity index is 1.40. The van der Waals surface area contributed by atoms with Crippen LogP contribution in [0, 0.1) is 11.8 Å². The van der Waals surface area contributed by atoms with Crippen molar-refractivity contribution in [3.8, 4) is 17.0 Å². The third-order valence-corrected chi connectivity index (χ3v) is 7.03. The zero-order chi connectivity index (χ0) is 21.7. The third-order valence-electron chi connectivity index (χ3n) is 7.03. The molecule has 1 aromatic carbocycles. The molecule has 1 aliphatic carbocycles. The van der Waals surface area contributed by atoms with Crippen molar-refractivity contribution in [1.82, 2.24) is 4.98 Å². The highest BCUT2D eigenvalue weighted by molar-refractivity contribution is 5.59. The maximum atomic E-state index is 5.82. The highest BCUT2D eigenvalue weighted by Gasteiger charge is 2.20. The molecule has 2 heteroatoms. The van der Waals surface area contributed by atoms with Gasteiger partial charge in [0.1, 0.15) is 5.75 Å². The Hall–Kier alpha value is -1.83. The van der Waals surface area contributed by atoms with Gasteiger partial charge in [-0.15, -0.1) is 0 Å². The van der Waals surface area contributed by atoms with E-state index in [0.29, 0.717) is 0 Å². The van der Waals surface area contributed by atoms with E-state index >= 15 is 0 Å². The van der Waals surface area contributed by atoms with Gasteiger partial charge >= 0.3 is 0 Å². The minimum absolute atomic E-state index is 0.788. The summed E-state index contributed by atoms with van der Waals surface area (Å²) in [5, 5.41) is 0. The van der Waals surface area contributed by atoms with Gasteiger partial charge in [-0.1, -0.05) is 102 Å². The van der Waals surface area contributed by atoms with Gasteiger partial charge in [0, 0.05) is 5.56 Å². The van der Waals surface area contributed by atoms with Gasteiger partial charge in [0.05, 0.1) is 18.5 Å². The summed E-state index contributed by atoms with van der Waals surface area (Å²) in [4.78, 5) is 4.62. The van der Waals surface area contributed by atoms with Crippen molar-refractivity contribution in [1.29, 1.82) is 0 Å². The van der Waals surface area contributed by atoms with E-state index in [-0.39, 0.29) is 0 Å². The van der Waals surface area contributed by atoms with E-state index in [1.807, 2.05) is 12.3 Å². The van der Waals surface area contributed by atoms with Crippen LogP contribution in [0.2, 0.25) is 0 Å². The van der Waals surface area contributed by atoms with Crippen LogP contribution >= 0.6 is 0 Å². The molecule has 0 radical (unpaired) electrons. The predicted molar refractivity (Wildman–Crippen MR) is 133 cm³/mol. The van der Waals surface area contributed by atoms with Crippen LogP contribution in [0.15, 0.2) is 42.6 Å². The zero-order valence-corrected chi connectivity index (χ0v) is 20.0. The average Bonchev–Trinajstić information content (AvgIpc) is 2.83. The molecule has 0 bridgehead atoms. The first-order valence-corrected chi connectivity index (χ1v) is 13.0. The highest BCUT2D eigenvalue weighted by atomic mass is 16.5. The molecular weight excluding hydrogens is 378 g/mol. The van der Waals surface area contributed by atoms with E-state index in [0.717, 1.165) is 36.3 Å². The molecule has 2 nitrogen and oxygen atoms in total. The van der Waals surface area contributed by atoms with E-state index in [1.165, 1.54) is 88.2 Å². The molecule has 1 heterocycles. The van der Waals surface area contributed by atoms with Gasteiger partial charge < -0.3 is 4.74 Å². The van der Waals surface area contributed by atoms with Crippen LogP contribution in [0.3, 0.4) is 0 Å². The average molecular weight is 422 g/mol. The molecule has 0 aliphatic heterocycles. The lowest BCUT2D eigenvalue weighted by Gasteiger charge is -2.28. The lowest BCUT2D eigenvalue weighted by Crippen LogP contribution is -2.15. The maximum absolute atomic E-state index is 5.82. The number of unbranched alkanes of at least 4 members (excludes halogenated alkanes) is 4. The van der Waals surface area contributed by atoms with Gasteiger partial charge in [0.2, 0.25) is 0 Å². The van der Waals surface area contributed by atoms with Crippen molar-refractivity contribution in [2.24, 2.45) is 11.8 Å². The predicted octanol–water partition coefficient (Wildman–Crippen LogP) is 8.64. The fourth-order valence-corrected chi connectivity index (χ4v) is 4.87. The summed E-state index contributed by atoms with van der Waals surface area (Å²) in [6, 6.07) is 13.2. The monoisotopic (exact) mass is 421 g/mol. The van der Waals surface area contributed by atoms with Crippen molar-refractivity contribution in [2.75, 3.05) is 6.61 Å². The van der Waals surface area contributed by atoms with Gasteiger partial charge in [-0.3, -0.25) is 4.98 Å². The van der Waals surface area contributed by atoms with Crippen LogP contribution in [0.25, 0.3) is 11.3 Å². The number of aromatic nitrogens is 1. The van der Waals surface area contributed by atoms with Crippen LogP contribution < -0.4 is 4.74 Å². The van der Waals surface area contributed by atoms with Gasteiger partial charge in [-0.25, -0.2) is 0 Å². The summed E-state index contributed by atoms with van der Waals surface area (Å²) in [7, 11) is 0. The third kappa shape index (κ3) is 8.31. The van der Waals surface area contributed by atoms with E-state index in [1.54, 1.807) is 0 Å². The van der Waals surface area contributed by atoms with E-state index < -0.39 is 0 Å². The molecular formula is C29H43NO. The van der Waals surface area contributed by atoms with Gasteiger partial charge in [0.15, 0.2) is 0 Å². The van der Waals surface area contributed by atoms with Crippen molar-refractivity contribution in [3.63, 3.8) is 0 Å². The first-order chi connectivity index (χ1) is 15.3. The topological polar surface area (TPSA) is 22.1 Å². The molecule has 31 heavy (non-hydrogen) atoms. The van der Waals surface area contributed by atoms with Crippen LogP contribution in [0.5, 0.6) is 5.75 Å². The molecule has 0 unspecified atom stereocenters. The fourth-order valence-electron chi connectivity index (χ4n) is 4.87. The van der Waals surface area contributed by atoms with Gasteiger partial charge in [-0.2, -0.15) is 0 Å². The Morgan fingerprint density at radius 2 is 1.48 bits per heavy atom. The summed E-state index contributed by atoms with van der Waals surface area (Å²) < 4.78 is 5.82. The van der Waals surface area contributed by atoms with Crippen LogP contribution in [-0.4, -0.2) is 11.6 Å². The summed E-state index contributed by atoms with van der Waals surface area (Å²) in [6.07, 6.45) is 19.4.